The van der Waals surface area contributed by atoms with Gasteiger partial charge < -0.3 is 5.11 Å². The van der Waals surface area contributed by atoms with E-state index in [0.29, 0.717) is 6.42 Å². The summed E-state index contributed by atoms with van der Waals surface area (Å²) in [5.74, 6) is -0.709. The van der Waals surface area contributed by atoms with E-state index in [1.165, 1.54) is 38.6 Å². The van der Waals surface area contributed by atoms with Crippen molar-refractivity contribution in [3.8, 4) is 0 Å². The van der Waals surface area contributed by atoms with Crippen molar-refractivity contribution in [1.82, 2.24) is 0 Å². The van der Waals surface area contributed by atoms with Gasteiger partial charge in [0.05, 0.1) is 0 Å². The molecule has 2 aromatic rings. The molecule has 2 heteroatoms. The lowest BCUT2D eigenvalue weighted by molar-refractivity contribution is -0.137. The summed E-state index contributed by atoms with van der Waals surface area (Å²) in [4.78, 5) is 10.7. The minimum absolute atomic E-state index is 0.244. The van der Waals surface area contributed by atoms with Gasteiger partial charge >= 0.3 is 5.97 Å². The van der Waals surface area contributed by atoms with Gasteiger partial charge in [0, 0.05) is 6.42 Å². The quantitative estimate of drug-likeness (QED) is 0.876. The zero-order chi connectivity index (χ0) is 15.1. The summed E-state index contributed by atoms with van der Waals surface area (Å²) in [6.07, 6.45) is 8.43. The molecule has 0 spiro atoms. The van der Waals surface area contributed by atoms with E-state index in [4.69, 9.17) is 5.11 Å². The summed E-state index contributed by atoms with van der Waals surface area (Å²) < 4.78 is 0. The number of hydrogen-bond acceptors (Lipinski definition) is 1. The highest BCUT2D eigenvalue weighted by Gasteiger charge is 2.22. The van der Waals surface area contributed by atoms with Crippen LogP contribution in [-0.4, -0.2) is 11.1 Å². The SMILES string of the molecule is O=C(O)CCCC1=CCC2=CCc3cccc4ccc1c2c34. The average Bonchev–Trinajstić information content (AvgIpc) is 2.53. The predicted octanol–water partition coefficient (Wildman–Crippen LogP) is 4.82. The average molecular weight is 290 g/mol. The highest BCUT2D eigenvalue weighted by molar-refractivity contribution is 6.04. The third-order valence-corrected chi connectivity index (χ3v) is 4.77. The van der Waals surface area contributed by atoms with Crippen LogP contribution in [0.4, 0.5) is 0 Å². The van der Waals surface area contributed by atoms with E-state index in [9.17, 15) is 4.79 Å². The third-order valence-electron chi connectivity index (χ3n) is 4.77. The second-order valence-electron chi connectivity index (χ2n) is 6.12. The number of carboxylic acids is 1. The number of benzene rings is 2. The lowest BCUT2D eigenvalue weighted by Gasteiger charge is -2.26. The Bertz CT molecular complexity index is 840. The Morgan fingerprint density at radius 3 is 2.86 bits per heavy atom. The molecule has 0 unspecified atom stereocenters. The standard InChI is InChI=1S/C20H18O2/c21-18(22)6-2-3-13-7-8-16-10-9-14-4-1-5-15-11-12-17(13)20(16)19(14)15/h1,4-5,7,10-12H,2-3,6,8-9H2,(H,21,22). The van der Waals surface area contributed by atoms with Gasteiger partial charge in [-0.2, -0.15) is 0 Å². The van der Waals surface area contributed by atoms with E-state index < -0.39 is 5.97 Å². The van der Waals surface area contributed by atoms with Gasteiger partial charge in [-0.15, -0.1) is 0 Å². The number of allylic oxidation sites excluding steroid dienone is 4. The molecule has 0 heterocycles. The first-order valence-electron chi connectivity index (χ1n) is 7.89. The minimum atomic E-state index is -0.709. The van der Waals surface area contributed by atoms with Crippen molar-refractivity contribution in [2.24, 2.45) is 0 Å². The molecule has 2 aliphatic rings. The fourth-order valence-electron chi connectivity index (χ4n) is 3.76. The number of carboxylic acid groups (broad SMARTS) is 1. The van der Waals surface area contributed by atoms with Gasteiger partial charge in [0.25, 0.3) is 0 Å². The topological polar surface area (TPSA) is 37.3 Å². The predicted molar refractivity (Wildman–Crippen MR) is 89.7 cm³/mol. The van der Waals surface area contributed by atoms with Crippen LogP contribution >= 0.6 is 0 Å². The fraction of sp³-hybridized carbons (Fsp3) is 0.250. The molecule has 0 aliphatic heterocycles. The Balaban J connectivity index is 1.80. The van der Waals surface area contributed by atoms with Crippen molar-refractivity contribution in [3.05, 3.63) is 59.2 Å². The molecule has 2 aromatic carbocycles. The second kappa shape index (κ2) is 5.13. The Hall–Kier alpha value is -2.35. The van der Waals surface area contributed by atoms with Crippen LogP contribution in [0.15, 0.2) is 42.5 Å². The van der Waals surface area contributed by atoms with E-state index in [1.54, 1.807) is 0 Å². The lowest BCUT2D eigenvalue weighted by atomic mass is 9.78. The molecule has 0 fully saturated rings. The van der Waals surface area contributed by atoms with Crippen LogP contribution in [0, 0.1) is 0 Å². The van der Waals surface area contributed by atoms with Crippen molar-refractivity contribution in [2.45, 2.75) is 32.1 Å². The molecular formula is C20H18O2. The molecule has 0 atom stereocenters. The molecule has 22 heavy (non-hydrogen) atoms. The monoisotopic (exact) mass is 290 g/mol. The van der Waals surface area contributed by atoms with Crippen molar-refractivity contribution in [2.75, 3.05) is 0 Å². The molecule has 0 bridgehead atoms. The number of carbonyl (C=O) groups is 1. The summed E-state index contributed by atoms with van der Waals surface area (Å²) in [5, 5.41) is 11.6. The molecular weight excluding hydrogens is 272 g/mol. The van der Waals surface area contributed by atoms with E-state index >= 15 is 0 Å². The Kier molecular flexibility index (Phi) is 3.11. The van der Waals surface area contributed by atoms with Crippen LogP contribution in [0.3, 0.4) is 0 Å². The molecule has 110 valence electrons. The number of hydrogen-bond donors (Lipinski definition) is 1. The molecule has 2 nitrogen and oxygen atoms in total. The van der Waals surface area contributed by atoms with Crippen molar-refractivity contribution < 1.29 is 9.90 Å². The van der Waals surface area contributed by atoms with E-state index in [-0.39, 0.29) is 6.42 Å². The van der Waals surface area contributed by atoms with Gasteiger partial charge in [0.1, 0.15) is 0 Å². The Labute approximate surface area is 129 Å². The van der Waals surface area contributed by atoms with Crippen LogP contribution in [0.2, 0.25) is 0 Å². The first-order valence-corrected chi connectivity index (χ1v) is 7.89. The Morgan fingerprint density at radius 1 is 1.09 bits per heavy atom. The molecule has 0 saturated carbocycles. The van der Waals surface area contributed by atoms with Crippen LogP contribution < -0.4 is 0 Å². The lowest BCUT2D eigenvalue weighted by Crippen LogP contribution is -2.06. The maximum Gasteiger partial charge on any atom is 0.303 e. The summed E-state index contributed by atoms with van der Waals surface area (Å²) in [6, 6.07) is 11.0. The third kappa shape index (κ3) is 2.07. The summed E-state index contributed by atoms with van der Waals surface area (Å²) in [5.41, 5.74) is 6.85. The van der Waals surface area contributed by atoms with E-state index in [2.05, 4.69) is 42.5 Å². The van der Waals surface area contributed by atoms with Gasteiger partial charge in [-0.3, -0.25) is 4.79 Å². The molecule has 2 aliphatic carbocycles. The van der Waals surface area contributed by atoms with Gasteiger partial charge in [-0.25, -0.2) is 0 Å². The van der Waals surface area contributed by atoms with Gasteiger partial charge in [0.2, 0.25) is 0 Å². The molecule has 0 amide bonds. The smallest absolute Gasteiger partial charge is 0.303 e. The highest BCUT2D eigenvalue weighted by Crippen LogP contribution is 2.43. The minimum Gasteiger partial charge on any atom is -0.481 e. The van der Waals surface area contributed by atoms with E-state index in [0.717, 1.165) is 19.3 Å². The molecule has 1 N–H and O–H groups in total. The van der Waals surface area contributed by atoms with E-state index in [1.807, 2.05) is 0 Å². The number of rotatable bonds is 4. The second-order valence-corrected chi connectivity index (χ2v) is 6.12. The van der Waals surface area contributed by atoms with Crippen molar-refractivity contribution >= 4 is 27.9 Å². The van der Waals surface area contributed by atoms with Gasteiger partial charge in [-0.05, 0) is 64.3 Å². The molecule has 0 saturated heterocycles. The first kappa shape index (κ1) is 13.3. The largest absolute Gasteiger partial charge is 0.481 e. The maximum atomic E-state index is 10.7. The molecule has 0 radical (unpaired) electrons. The zero-order valence-electron chi connectivity index (χ0n) is 12.4. The van der Waals surface area contributed by atoms with Crippen LogP contribution in [-0.2, 0) is 11.2 Å². The van der Waals surface area contributed by atoms with Crippen LogP contribution in [0.5, 0.6) is 0 Å². The summed E-state index contributed by atoms with van der Waals surface area (Å²) >= 11 is 0. The normalized spacial score (nSPS) is 15.5. The first-order chi connectivity index (χ1) is 10.7. The van der Waals surface area contributed by atoms with Crippen LogP contribution in [0.25, 0.3) is 21.9 Å². The summed E-state index contributed by atoms with van der Waals surface area (Å²) in [7, 11) is 0. The van der Waals surface area contributed by atoms with Crippen LogP contribution in [0.1, 0.15) is 42.4 Å². The number of aliphatic carboxylic acids is 1. The van der Waals surface area contributed by atoms with Gasteiger partial charge in [-0.1, -0.05) is 42.5 Å². The zero-order valence-corrected chi connectivity index (χ0v) is 12.4. The highest BCUT2D eigenvalue weighted by atomic mass is 16.4. The van der Waals surface area contributed by atoms with Gasteiger partial charge in [0.15, 0.2) is 0 Å². The maximum absolute atomic E-state index is 10.7. The van der Waals surface area contributed by atoms with Crippen molar-refractivity contribution in [1.29, 1.82) is 0 Å². The molecule has 0 aromatic heterocycles. The van der Waals surface area contributed by atoms with Crippen molar-refractivity contribution in [3.63, 3.8) is 0 Å². The Morgan fingerprint density at radius 2 is 2.00 bits per heavy atom. The summed E-state index contributed by atoms with van der Waals surface area (Å²) in [6.45, 7) is 0. The molecule has 4 rings (SSSR count). The fourth-order valence-corrected chi connectivity index (χ4v) is 3.76.